The fourth-order valence-electron chi connectivity index (χ4n) is 12.5. The Morgan fingerprint density at radius 1 is 0.271 bits per heavy atom. The molecule has 2 heteroatoms. The third kappa shape index (κ3) is 6.73. The molecule has 0 saturated heterocycles. The van der Waals surface area contributed by atoms with Gasteiger partial charge in [-0.05, 0) is 295 Å². The van der Waals surface area contributed by atoms with Crippen molar-refractivity contribution in [2.24, 2.45) is 0 Å². The third-order valence-corrected chi connectivity index (χ3v) is 17.5. The minimum atomic E-state index is -0.193. The van der Waals surface area contributed by atoms with Crippen LogP contribution in [0.25, 0.3) is 43.8 Å². The van der Waals surface area contributed by atoms with Crippen LogP contribution >= 0.6 is 0 Å². The fraction of sp³-hybridized carbons (Fsp3) is 0.265. The van der Waals surface area contributed by atoms with Crippen LogP contribution in [0, 0.1) is 83.1 Å². The zero-order valence-electron chi connectivity index (χ0n) is 44.4. The van der Waals surface area contributed by atoms with Crippen molar-refractivity contribution in [3.05, 3.63) is 210 Å². The topological polar surface area (TPSA) is 6.48 Å². The van der Waals surface area contributed by atoms with Gasteiger partial charge in [0.1, 0.15) is 0 Å². The molecule has 0 amide bonds. The summed E-state index contributed by atoms with van der Waals surface area (Å²) >= 11 is 0. The first kappa shape index (κ1) is 45.5. The number of fused-ring (bicyclic) bond motifs is 10. The van der Waals surface area contributed by atoms with Crippen LogP contribution in [0.3, 0.4) is 0 Å². The van der Waals surface area contributed by atoms with Gasteiger partial charge in [0.15, 0.2) is 0 Å². The first-order valence-electron chi connectivity index (χ1n) is 25.4. The van der Waals surface area contributed by atoms with Crippen LogP contribution < -0.4 is 9.80 Å². The summed E-state index contributed by atoms with van der Waals surface area (Å²) in [4.78, 5) is 4.93. The predicted molar refractivity (Wildman–Crippen MR) is 303 cm³/mol. The van der Waals surface area contributed by atoms with Crippen LogP contribution in [0.5, 0.6) is 0 Å². The molecule has 0 atom stereocenters. The fourth-order valence-corrected chi connectivity index (χ4v) is 12.5. The van der Waals surface area contributed by atoms with Crippen LogP contribution in [0.4, 0.5) is 34.1 Å². The van der Waals surface area contributed by atoms with Crippen LogP contribution in [0.2, 0.25) is 0 Å². The molecular weight excluding hydrogens is 845 g/mol. The molecule has 0 aromatic heterocycles. The summed E-state index contributed by atoms with van der Waals surface area (Å²) in [5.41, 5.74) is 33.8. The second-order valence-corrected chi connectivity index (χ2v) is 22.5. The van der Waals surface area contributed by atoms with Crippen molar-refractivity contribution >= 4 is 55.7 Å². The van der Waals surface area contributed by atoms with Gasteiger partial charge in [0, 0.05) is 45.0 Å². The summed E-state index contributed by atoms with van der Waals surface area (Å²) in [5.74, 6) is 0. The summed E-state index contributed by atoms with van der Waals surface area (Å²) in [7, 11) is 0. The lowest BCUT2D eigenvalue weighted by Crippen LogP contribution is -2.19. The van der Waals surface area contributed by atoms with Crippen molar-refractivity contribution in [1.29, 1.82) is 0 Å². The van der Waals surface area contributed by atoms with E-state index in [1.165, 1.54) is 167 Å². The zero-order valence-corrected chi connectivity index (χ0v) is 44.4. The lowest BCUT2D eigenvalue weighted by molar-refractivity contribution is 0.645. The van der Waals surface area contributed by atoms with Gasteiger partial charge in [-0.1, -0.05) is 70.2 Å². The van der Waals surface area contributed by atoms with Gasteiger partial charge in [-0.2, -0.15) is 0 Å². The van der Waals surface area contributed by atoms with Crippen molar-refractivity contribution in [1.82, 2.24) is 0 Å². The van der Waals surface area contributed by atoms with Crippen LogP contribution in [0.1, 0.15) is 117 Å². The molecule has 9 aromatic carbocycles. The van der Waals surface area contributed by atoms with Crippen molar-refractivity contribution < 1.29 is 0 Å². The van der Waals surface area contributed by atoms with Gasteiger partial charge >= 0.3 is 0 Å². The van der Waals surface area contributed by atoms with E-state index >= 15 is 0 Å². The first-order chi connectivity index (χ1) is 33.1. The lowest BCUT2D eigenvalue weighted by atomic mass is 9.76. The average molecular weight is 913 g/mol. The molecule has 0 spiro atoms. The second-order valence-electron chi connectivity index (χ2n) is 22.5. The van der Waals surface area contributed by atoms with Gasteiger partial charge in [-0.15, -0.1) is 0 Å². The van der Waals surface area contributed by atoms with Crippen LogP contribution in [0.15, 0.2) is 121 Å². The summed E-state index contributed by atoms with van der Waals surface area (Å²) < 4.78 is 0. The summed E-state index contributed by atoms with van der Waals surface area (Å²) in [5, 5.41) is 5.20. The van der Waals surface area contributed by atoms with Crippen molar-refractivity contribution in [2.75, 3.05) is 9.80 Å². The highest BCUT2D eigenvalue weighted by molar-refractivity contribution is 6.04. The molecule has 2 aliphatic carbocycles. The molecule has 0 saturated carbocycles. The molecule has 2 aliphatic rings. The molecular formula is C68H68N2. The Bertz CT molecular complexity index is 3290. The van der Waals surface area contributed by atoms with Gasteiger partial charge < -0.3 is 9.80 Å². The van der Waals surface area contributed by atoms with E-state index in [1.807, 2.05) is 0 Å². The first-order valence-corrected chi connectivity index (χ1v) is 25.4. The minimum Gasteiger partial charge on any atom is -0.310 e. The molecule has 2 nitrogen and oxygen atoms in total. The van der Waals surface area contributed by atoms with Crippen molar-refractivity contribution in [2.45, 2.75) is 122 Å². The average Bonchev–Trinajstić information content (AvgIpc) is 3.69. The molecule has 350 valence electrons. The van der Waals surface area contributed by atoms with Gasteiger partial charge in [-0.25, -0.2) is 0 Å². The maximum absolute atomic E-state index is 2.59. The molecule has 0 radical (unpaired) electrons. The molecule has 0 aliphatic heterocycles. The Balaban J connectivity index is 1.02. The van der Waals surface area contributed by atoms with E-state index in [0.717, 1.165) is 0 Å². The maximum Gasteiger partial charge on any atom is 0.0468 e. The summed E-state index contributed by atoms with van der Waals surface area (Å²) in [6, 6.07) is 47.9. The van der Waals surface area contributed by atoms with E-state index in [4.69, 9.17) is 0 Å². The van der Waals surface area contributed by atoms with E-state index < -0.39 is 0 Å². The van der Waals surface area contributed by atoms with Gasteiger partial charge in [0.25, 0.3) is 0 Å². The Kier molecular flexibility index (Phi) is 10.3. The summed E-state index contributed by atoms with van der Waals surface area (Å²) in [6.07, 6.45) is 0. The standard InChI is InChI=1S/C68H68N2/c1-37-25-53(26-38(2)45(37)9)69(54-27-39(3)46(10)40(4)28-54)51-19-23-57-49(33-51)17-21-59-61-35-62-60-22-18-50-34-52(20-24-58(50)66(60)68(15,16)64(62)36-63(61)67(13,14)65(57)59)70(55-29-41(5)47(11)42(6)30-55)56-31-43(7)48(12)44(8)32-56/h17-36H,1-16H3. The molecule has 9 aromatic rings. The third-order valence-electron chi connectivity index (χ3n) is 17.5. The number of benzene rings is 9. The van der Waals surface area contributed by atoms with Gasteiger partial charge in [0.2, 0.25) is 0 Å². The molecule has 0 N–H and O–H groups in total. The minimum absolute atomic E-state index is 0.193. The summed E-state index contributed by atoms with van der Waals surface area (Å²) in [6.45, 7) is 36.6. The quantitative estimate of drug-likeness (QED) is 0.164. The SMILES string of the molecule is Cc1cc(N(c2cc(C)c(C)c(C)c2)c2ccc3c4c(ccc3c2)-c2cc3c(cc2C4(C)C)C(C)(C)c2c-3ccc3cc(N(c4cc(C)c(C)c(C)c4)c4cc(C)c(C)c(C)c4)ccc23)cc(C)c1C. The van der Waals surface area contributed by atoms with Crippen LogP contribution in [-0.2, 0) is 10.8 Å². The van der Waals surface area contributed by atoms with Gasteiger partial charge in [0.05, 0.1) is 0 Å². The molecule has 0 fully saturated rings. The Hall–Kier alpha value is -6.90. The van der Waals surface area contributed by atoms with E-state index in [9.17, 15) is 0 Å². The molecule has 0 bridgehead atoms. The molecule has 11 rings (SSSR count). The highest BCUT2D eigenvalue weighted by atomic mass is 15.1. The van der Waals surface area contributed by atoms with Crippen molar-refractivity contribution in [3.63, 3.8) is 0 Å². The zero-order chi connectivity index (χ0) is 49.6. The van der Waals surface area contributed by atoms with E-state index in [0.29, 0.717) is 0 Å². The van der Waals surface area contributed by atoms with E-state index in [2.05, 4.69) is 242 Å². The highest BCUT2D eigenvalue weighted by Crippen LogP contribution is 2.59. The Morgan fingerprint density at radius 3 is 0.843 bits per heavy atom. The monoisotopic (exact) mass is 913 g/mol. The number of rotatable bonds is 6. The molecule has 0 unspecified atom stereocenters. The smallest absolute Gasteiger partial charge is 0.0468 e. The molecule has 70 heavy (non-hydrogen) atoms. The van der Waals surface area contributed by atoms with E-state index in [-0.39, 0.29) is 10.8 Å². The number of nitrogens with zero attached hydrogens (tertiary/aromatic N) is 2. The second kappa shape index (κ2) is 15.8. The number of aryl methyl sites for hydroxylation is 8. The van der Waals surface area contributed by atoms with Crippen LogP contribution in [-0.4, -0.2) is 0 Å². The normalized spacial score (nSPS) is 13.9. The largest absolute Gasteiger partial charge is 0.310 e. The maximum atomic E-state index is 2.59. The number of anilines is 6. The highest BCUT2D eigenvalue weighted by Gasteiger charge is 2.43. The number of hydrogen-bond donors (Lipinski definition) is 0. The number of hydrogen-bond acceptors (Lipinski definition) is 2. The van der Waals surface area contributed by atoms with Gasteiger partial charge in [-0.3, -0.25) is 0 Å². The predicted octanol–water partition coefficient (Wildman–Crippen LogP) is 19.2. The lowest BCUT2D eigenvalue weighted by Gasteiger charge is -2.29. The Morgan fingerprint density at radius 2 is 0.557 bits per heavy atom. The van der Waals surface area contributed by atoms with E-state index in [1.54, 1.807) is 0 Å². The van der Waals surface area contributed by atoms with Crippen molar-refractivity contribution in [3.8, 4) is 22.3 Å². The Labute approximate surface area is 417 Å². The molecule has 0 heterocycles.